The molecule has 0 aromatic heterocycles. The highest BCUT2D eigenvalue weighted by atomic mass is 16.3. The fourth-order valence-corrected chi connectivity index (χ4v) is 2.26. The van der Waals surface area contributed by atoms with Gasteiger partial charge in [-0.1, -0.05) is 24.3 Å². The maximum Gasteiger partial charge on any atom is 0.0443 e. The third-order valence-corrected chi connectivity index (χ3v) is 3.11. The van der Waals surface area contributed by atoms with E-state index in [2.05, 4.69) is 29.6 Å². The van der Waals surface area contributed by atoms with Crippen molar-refractivity contribution in [3.8, 4) is 0 Å². The monoisotopic (exact) mass is 205 g/mol. The summed E-state index contributed by atoms with van der Waals surface area (Å²) >= 11 is 0. The predicted octanol–water partition coefficient (Wildman–Crippen LogP) is 1.52. The van der Waals surface area contributed by atoms with Crippen molar-refractivity contribution < 1.29 is 5.11 Å². The van der Waals surface area contributed by atoms with Gasteiger partial charge >= 0.3 is 0 Å². The van der Waals surface area contributed by atoms with Crippen LogP contribution in [0.1, 0.15) is 24.0 Å². The zero-order chi connectivity index (χ0) is 10.5. The second-order valence-electron chi connectivity index (χ2n) is 4.24. The molecule has 0 unspecified atom stereocenters. The number of hydrogen-bond acceptors (Lipinski definition) is 2. The third kappa shape index (κ3) is 2.80. The maximum atomic E-state index is 8.71. The first-order chi connectivity index (χ1) is 7.40. The lowest BCUT2D eigenvalue weighted by Crippen LogP contribution is -2.35. The molecule has 0 amide bonds. The van der Waals surface area contributed by atoms with Crippen LogP contribution in [0.2, 0.25) is 0 Å². The predicted molar refractivity (Wildman–Crippen MR) is 62.0 cm³/mol. The molecule has 2 heteroatoms. The number of fused-ring (bicyclic) bond motifs is 1. The van der Waals surface area contributed by atoms with Gasteiger partial charge in [0, 0.05) is 12.6 Å². The third-order valence-electron chi connectivity index (χ3n) is 3.11. The SMILES string of the molecule is OCCCN[C@@H]1CCc2ccccc2C1. The molecule has 1 aliphatic carbocycles. The zero-order valence-electron chi connectivity index (χ0n) is 9.08. The van der Waals surface area contributed by atoms with Crippen molar-refractivity contribution >= 4 is 0 Å². The molecular formula is C13H19NO. The second kappa shape index (κ2) is 5.29. The summed E-state index contributed by atoms with van der Waals surface area (Å²) in [6.07, 6.45) is 4.41. The van der Waals surface area contributed by atoms with Gasteiger partial charge < -0.3 is 10.4 Å². The highest BCUT2D eigenvalue weighted by Gasteiger charge is 2.16. The van der Waals surface area contributed by atoms with Crippen molar-refractivity contribution in [2.24, 2.45) is 0 Å². The van der Waals surface area contributed by atoms with Gasteiger partial charge in [0.2, 0.25) is 0 Å². The van der Waals surface area contributed by atoms with E-state index in [4.69, 9.17) is 5.11 Å². The molecule has 15 heavy (non-hydrogen) atoms. The van der Waals surface area contributed by atoms with Gasteiger partial charge in [0.05, 0.1) is 0 Å². The number of aliphatic hydroxyl groups excluding tert-OH is 1. The van der Waals surface area contributed by atoms with Crippen LogP contribution in [0.5, 0.6) is 0 Å². The molecule has 0 heterocycles. The molecule has 0 spiro atoms. The summed E-state index contributed by atoms with van der Waals surface area (Å²) in [5.74, 6) is 0. The molecule has 0 bridgehead atoms. The first kappa shape index (κ1) is 10.7. The van der Waals surface area contributed by atoms with Crippen molar-refractivity contribution in [3.63, 3.8) is 0 Å². The molecule has 0 saturated carbocycles. The van der Waals surface area contributed by atoms with Crippen LogP contribution in [0.25, 0.3) is 0 Å². The Kier molecular flexibility index (Phi) is 3.75. The largest absolute Gasteiger partial charge is 0.396 e. The van der Waals surface area contributed by atoms with Gasteiger partial charge in [-0.25, -0.2) is 0 Å². The summed E-state index contributed by atoms with van der Waals surface area (Å²) in [6.45, 7) is 1.22. The summed E-state index contributed by atoms with van der Waals surface area (Å²) in [5, 5.41) is 12.2. The molecule has 82 valence electrons. The number of hydrogen-bond donors (Lipinski definition) is 2. The van der Waals surface area contributed by atoms with Crippen molar-refractivity contribution in [1.82, 2.24) is 5.32 Å². The van der Waals surface area contributed by atoms with Crippen LogP contribution in [-0.4, -0.2) is 24.3 Å². The Morgan fingerprint density at radius 2 is 2.07 bits per heavy atom. The van der Waals surface area contributed by atoms with Gasteiger partial charge in [0.1, 0.15) is 0 Å². The molecule has 0 saturated heterocycles. The second-order valence-corrected chi connectivity index (χ2v) is 4.24. The van der Waals surface area contributed by atoms with E-state index in [-0.39, 0.29) is 6.61 Å². The minimum absolute atomic E-state index is 0.288. The van der Waals surface area contributed by atoms with Crippen LogP contribution in [0, 0.1) is 0 Å². The number of aryl methyl sites for hydroxylation is 1. The Bertz CT molecular complexity index is 311. The van der Waals surface area contributed by atoms with Crippen LogP contribution in [0.4, 0.5) is 0 Å². The van der Waals surface area contributed by atoms with Crippen molar-refractivity contribution in [2.45, 2.75) is 31.7 Å². The summed E-state index contributed by atoms with van der Waals surface area (Å²) in [4.78, 5) is 0. The standard InChI is InChI=1S/C13H19NO/c15-9-3-8-14-13-7-6-11-4-1-2-5-12(11)10-13/h1-2,4-5,13-15H,3,6-10H2/t13-/m1/s1. The lowest BCUT2D eigenvalue weighted by Gasteiger charge is -2.25. The van der Waals surface area contributed by atoms with E-state index >= 15 is 0 Å². The molecule has 2 N–H and O–H groups in total. The van der Waals surface area contributed by atoms with Gasteiger partial charge in [-0.2, -0.15) is 0 Å². The zero-order valence-corrected chi connectivity index (χ0v) is 9.08. The number of aliphatic hydroxyl groups is 1. The molecule has 1 aliphatic rings. The Hall–Kier alpha value is -0.860. The van der Waals surface area contributed by atoms with Crippen LogP contribution >= 0.6 is 0 Å². The van der Waals surface area contributed by atoms with E-state index in [1.807, 2.05) is 0 Å². The quantitative estimate of drug-likeness (QED) is 0.730. The molecule has 1 aromatic rings. The average molecular weight is 205 g/mol. The molecule has 2 rings (SSSR count). The van der Waals surface area contributed by atoms with Crippen LogP contribution in [-0.2, 0) is 12.8 Å². The van der Waals surface area contributed by atoms with E-state index in [0.717, 1.165) is 19.4 Å². The molecule has 0 radical (unpaired) electrons. The highest BCUT2D eigenvalue weighted by Crippen LogP contribution is 2.20. The summed E-state index contributed by atoms with van der Waals surface area (Å²) in [7, 11) is 0. The van der Waals surface area contributed by atoms with Crippen molar-refractivity contribution in [1.29, 1.82) is 0 Å². The van der Waals surface area contributed by atoms with Gasteiger partial charge in [-0.3, -0.25) is 0 Å². The number of nitrogens with one attached hydrogen (secondary N) is 1. The first-order valence-electron chi connectivity index (χ1n) is 5.81. The summed E-state index contributed by atoms with van der Waals surface area (Å²) in [6, 6.07) is 9.31. The fourth-order valence-electron chi connectivity index (χ4n) is 2.26. The Balaban J connectivity index is 1.88. The topological polar surface area (TPSA) is 32.3 Å². The fraction of sp³-hybridized carbons (Fsp3) is 0.538. The van der Waals surface area contributed by atoms with E-state index in [1.54, 1.807) is 0 Å². The van der Waals surface area contributed by atoms with E-state index < -0.39 is 0 Å². The Labute approximate surface area is 91.3 Å². The molecular weight excluding hydrogens is 186 g/mol. The minimum Gasteiger partial charge on any atom is -0.396 e. The number of benzene rings is 1. The first-order valence-corrected chi connectivity index (χ1v) is 5.81. The number of rotatable bonds is 4. The lowest BCUT2D eigenvalue weighted by atomic mass is 9.88. The van der Waals surface area contributed by atoms with Gasteiger partial charge in [-0.15, -0.1) is 0 Å². The van der Waals surface area contributed by atoms with Crippen LogP contribution < -0.4 is 5.32 Å². The van der Waals surface area contributed by atoms with E-state index in [1.165, 1.54) is 24.0 Å². The van der Waals surface area contributed by atoms with Crippen molar-refractivity contribution in [2.75, 3.05) is 13.2 Å². The van der Waals surface area contributed by atoms with Gasteiger partial charge in [-0.05, 0) is 43.4 Å². The normalized spacial score (nSPS) is 19.9. The molecule has 1 atom stereocenters. The van der Waals surface area contributed by atoms with Crippen LogP contribution in [0.3, 0.4) is 0 Å². The van der Waals surface area contributed by atoms with E-state index in [9.17, 15) is 0 Å². The van der Waals surface area contributed by atoms with Crippen LogP contribution in [0.15, 0.2) is 24.3 Å². The van der Waals surface area contributed by atoms with Gasteiger partial charge in [0.25, 0.3) is 0 Å². The minimum atomic E-state index is 0.288. The lowest BCUT2D eigenvalue weighted by molar-refractivity contribution is 0.281. The molecule has 0 aliphatic heterocycles. The molecule has 1 aromatic carbocycles. The van der Waals surface area contributed by atoms with Gasteiger partial charge in [0.15, 0.2) is 0 Å². The smallest absolute Gasteiger partial charge is 0.0443 e. The summed E-state index contributed by atoms with van der Waals surface area (Å²) in [5.41, 5.74) is 3.00. The molecule has 0 fully saturated rings. The maximum absolute atomic E-state index is 8.71. The Morgan fingerprint density at radius 1 is 1.27 bits per heavy atom. The van der Waals surface area contributed by atoms with Crippen molar-refractivity contribution in [3.05, 3.63) is 35.4 Å². The van der Waals surface area contributed by atoms with E-state index in [0.29, 0.717) is 6.04 Å². The average Bonchev–Trinajstić information content (AvgIpc) is 2.29. The highest BCUT2D eigenvalue weighted by molar-refractivity contribution is 5.30. The summed E-state index contributed by atoms with van der Waals surface area (Å²) < 4.78 is 0. The Morgan fingerprint density at radius 3 is 2.87 bits per heavy atom. The molecule has 2 nitrogen and oxygen atoms in total.